The topological polar surface area (TPSA) is 69.6 Å². The van der Waals surface area contributed by atoms with Crippen LogP contribution in [-0.4, -0.2) is 37.6 Å². The summed E-state index contributed by atoms with van der Waals surface area (Å²) in [5, 5.41) is 13.5. The number of carbonyl (C=O) groups is 2. The fourth-order valence-corrected chi connectivity index (χ4v) is 2.75. The minimum atomic E-state index is -0.772. The van der Waals surface area contributed by atoms with Crippen molar-refractivity contribution in [1.82, 2.24) is 5.32 Å². The van der Waals surface area contributed by atoms with E-state index in [2.05, 4.69) is 5.32 Å². The number of carboxylic acid groups (broad SMARTS) is 1. The van der Waals surface area contributed by atoms with Gasteiger partial charge in [0, 0.05) is 43.7 Å². The van der Waals surface area contributed by atoms with Crippen LogP contribution in [-0.2, 0) is 4.79 Å². The van der Waals surface area contributed by atoms with Crippen LogP contribution >= 0.6 is 0 Å². The number of fused-ring (bicyclic) bond motifs is 1. The summed E-state index contributed by atoms with van der Waals surface area (Å²) < 4.78 is 0. The summed E-state index contributed by atoms with van der Waals surface area (Å²) in [6.45, 7) is 0.558. The van der Waals surface area contributed by atoms with Crippen molar-refractivity contribution in [3.63, 3.8) is 0 Å². The highest BCUT2D eigenvalue weighted by Gasteiger charge is 2.12. The van der Waals surface area contributed by atoms with Gasteiger partial charge < -0.3 is 15.3 Å². The lowest BCUT2D eigenvalue weighted by Crippen LogP contribution is -2.24. The summed E-state index contributed by atoms with van der Waals surface area (Å²) in [5.41, 5.74) is 1.75. The van der Waals surface area contributed by atoms with E-state index in [0.717, 1.165) is 29.3 Å². The Morgan fingerprint density at radius 3 is 2.38 bits per heavy atom. The fraction of sp³-hybridized carbons (Fsp3) is 0.368. The van der Waals surface area contributed by atoms with Gasteiger partial charge in [0.1, 0.15) is 0 Å². The molecular formula is C19H24N2O3. The minimum absolute atomic E-state index is 0.0882. The van der Waals surface area contributed by atoms with Gasteiger partial charge in [-0.15, -0.1) is 0 Å². The van der Waals surface area contributed by atoms with Gasteiger partial charge >= 0.3 is 5.97 Å². The van der Waals surface area contributed by atoms with Crippen molar-refractivity contribution in [3.05, 3.63) is 42.0 Å². The zero-order chi connectivity index (χ0) is 17.5. The summed E-state index contributed by atoms with van der Waals surface area (Å²) in [5.74, 6) is -0.860. The van der Waals surface area contributed by atoms with Gasteiger partial charge in [-0.05, 0) is 30.4 Å². The fourth-order valence-electron chi connectivity index (χ4n) is 2.75. The Morgan fingerprint density at radius 2 is 1.71 bits per heavy atom. The Labute approximate surface area is 142 Å². The molecule has 0 aliphatic heterocycles. The molecule has 2 aromatic carbocycles. The molecular weight excluding hydrogens is 304 g/mol. The lowest BCUT2D eigenvalue weighted by Gasteiger charge is -2.17. The third-order valence-corrected chi connectivity index (χ3v) is 3.98. The van der Waals surface area contributed by atoms with Crippen molar-refractivity contribution < 1.29 is 14.7 Å². The number of carbonyl (C=O) groups excluding carboxylic acids is 1. The normalized spacial score (nSPS) is 10.6. The summed E-state index contributed by atoms with van der Waals surface area (Å²) in [7, 11) is 3.97. The van der Waals surface area contributed by atoms with E-state index in [1.54, 1.807) is 0 Å². The number of benzene rings is 2. The molecule has 0 bridgehead atoms. The van der Waals surface area contributed by atoms with Gasteiger partial charge in [0.2, 0.25) is 0 Å². The standard InChI is InChI=1S/C19H24N2O3/c1-21(2)17-12-11-16(14-8-5-6-9-15(14)17)19(24)20-13-7-3-4-10-18(22)23/h5-6,8-9,11-12H,3-4,7,10,13H2,1-2H3,(H,20,24)(H,22,23). The number of nitrogens with zero attached hydrogens (tertiary/aromatic N) is 1. The highest BCUT2D eigenvalue weighted by Crippen LogP contribution is 2.28. The monoisotopic (exact) mass is 328 g/mol. The van der Waals surface area contributed by atoms with Crippen LogP contribution < -0.4 is 10.2 Å². The molecule has 0 heterocycles. The Balaban J connectivity index is 2.02. The second-order valence-corrected chi connectivity index (χ2v) is 6.03. The molecule has 0 saturated carbocycles. The first-order valence-corrected chi connectivity index (χ1v) is 8.20. The maximum atomic E-state index is 12.5. The van der Waals surface area contributed by atoms with Crippen LogP contribution in [0.1, 0.15) is 36.0 Å². The molecule has 24 heavy (non-hydrogen) atoms. The average Bonchev–Trinajstić information content (AvgIpc) is 2.56. The first-order chi connectivity index (χ1) is 11.5. The van der Waals surface area contributed by atoms with E-state index in [-0.39, 0.29) is 12.3 Å². The summed E-state index contributed by atoms with van der Waals surface area (Å²) in [6.07, 6.45) is 2.41. The second kappa shape index (κ2) is 8.34. The van der Waals surface area contributed by atoms with E-state index < -0.39 is 5.97 Å². The molecule has 0 unspecified atom stereocenters. The minimum Gasteiger partial charge on any atom is -0.481 e. The third kappa shape index (κ3) is 4.47. The Hall–Kier alpha value is -2.56. The molecule has 0 aromatic heterocycles. The third-order valence-electron chi connectivity index (χ3n) is 3.98. The zero-order valence-corrected chi connectivity index (χ0v) is 14.2. The van der Waals surface area contributed by atoms with Gasteiger partial charge in [-0.1, -0.05) is 30.7 Å². The van der Waals surface area contributed by atoms with Gasteiger partial charge in [-0.2, -0.15) is 0 Å². The molecule has 5 nitrogen and oxygen atoms in total. The molecule has 2 N–H and O–H groups in total. The van der Waals surface area contributed by atoms with Crippen LogP contribution in [0.2, 0.25) is 0 Å². The average molecular weight is 328 g/mol. The SMILES string of the molecule is CN(C)c1ccc(C(=O)NCCCCCC(=O)O)c2ccccc12. The number of hydrogen-bond donors (Lipinski definition) is 2. The van der Waals surface area contributed by atoms with Gasteiger partial charge in [0.25, 0.3) is 5.91 Å². The number of carboxylic acids is 1. The number of hydrogen-bond acceptors (Lipinski definition) is 3. The summed E-state index contributed by atoms with van der Waals surface area (Å²) in [4.78, 5) is 24.9. The molecule has 0 atom stereocenters. The highest BCUT2D eigenvalue weighted by atomic mass is 16.4. The molecule has 128 valence electrons. The molecule has 2 rings (SSSR count). The van der Waals surface area contributed by atoms with E-state index in [1.807, 2.05) is 55.4 Å². The predicted octanol–water partition coefficient (Wildman–Crippen LogP) is 3.28. The smallest absolute Gasteiger partial charge is 0.303 e. The van der Waals surface area contributed by atoms with Crippen molar-refractivity contribution in [2.75, 3.05) is 25.5 Å². The Morgan fingerprint density at radius 1 is 1.00 bits per heavy atom. The molecule has 0 aliphatic carbocycles. The zero-order valence-electron chi connectivity index (χ0n) is 14.2. The lowest BCUT2D eigenvalue weighted by atomic mass is 10.0. The van der Waals surface area contributed by atoms with Crippen molar-refractivity contribution >= 4 is 28.3 Å². The summed E-state index contributed by atoms with van der Waals surface area (Å²) in [6, 6.07) is 11.7. The number of nitrogens with one attached hydrogen (secondary N) is 1. The Kier molecular flexibility index (Phi) is 6.18. The van der Waals surface area contributed by atoms with Crippen LogP contribution in [0.3, 0.4) is 0 Å². The number of unbranched alkanes of at least 4 members (excludes halogenated alkanes) is 2. The van der Waals surface area contributed by atoms with Crippen molar-refractivity contribution in [2.45, 2.75) is 25.7 Å². The number of anilines is 1. The van der Waals surface area contributed by atoms with Crippen LogP contribution in [0.25, 0.3) is 10.8 Å². The summed E-state index contributed by atoms with van der Waals surface area (Å²) >= 11 is 0. The first kappa shape index (κ1) is 17.8. The molecule has 0 spiro atoms. The van der Waals surface area contributed by atoms with Gasteiger partial charge in [0.15, 0.2) is 0 Å². The molecule has 0 aliphatic rings. The molecule has 0 fully saturated rings. The molecule has 5 heteroatoms. The van der Waals surface area contributed by atoms with E-state index in [9.17, 15) is 9.59 Å². The molecule has 0 saturated heterocycles. The second-order valence-electron chi connectivity index (χ2n) is 6.03. The quantitative estimate of drug-likeness (QED) is 0.730. The van der Waals surface area contributed by atoms with E-state index in [0.29, 0.717) is 18.5 Å². The maximum Gasteiger partial charge on any atom is 0.303 e. The number of amides is 1. The van der Waals surface area contributed by atoms with Gasteiger partial charge in [-0.25, -0.2) is 0 Å². The van der Waals surface area contributed by atoms with E-state index >= 15 is 0 Å². The predicted molar refractivity (Wildman–Crippen MR) is 96.7 cm³/mol. The first-order valence-electron chi connectivity index (χ1n) is 8.20. The van der Waals surface area contributed by atoms with Crippen molar-refractivity contribution in [1.29, 1.82) is 0 Å². The largest absolute Gasteiger partial charge is 0.481 e. The molecule has 0 radical (unpaired) electrons. The van der Waals surface area contributed by atoms with Gasteiger partial charge in [-0.3, -0.25) is 9.59 Å². The number of aliphatic carboxylic acids is 1. The van der Waals surface area contributed by atoms with Crippen molar-refractivity contribution in [3.8, 4) is 0 Å². The highest BCUT2D eigenvalue weighted by molar-refractivity contribution is 6.10. The van der Waals surface area contributed by atoms with Crippen LogP contribution in [0.4, 0.5) is 5.69 Å². The molecule has 2 aromatic rings. The van der Waals surface area contributed by atoms with Gasteiger partial charge in [0.05, 0.1) is 0 Å². The van der Waals surface area contributed by atoms with Crippen LogP contribution in [0.5, 0.6) is 0 Å². The molecule has 1 amide bonds. The lowest BCUT2D eigenvalue weighted by molar-refractivity contribution is -0.137. The van der Waals surface area contributed by atoms with Crippen LogP contribution in [0, 0.1) is 0 Å². The van der Waals surface area contributed by atoms with Crippen LogP contribution in [0.15, 0.2) is 36.4 Å². The van der Waals surface area contributed by atoms with E-state index in [4.69, 9.17) is 5.11 Å². The Bertz CT molecular complexity index is 726. The van der Waals surface area contributed by atoms with E-state index in [1.165, 1.54) is 0 Å². The van der Waals surface area contributed by atoms with Crippen molar-refractivity contribution in [2.24, 2.45) is 0 Å². The maximum absolute atomic E-state index is 12.5. The number of rotatable bonds is 8.